The number of benzene rings is 1. The largest absolute Gasteiger partial charge is 0.329 e. The first-order valence-corrected chi connectivity index (χ1v) is 8.98. The molecule has 0 saturated heterocycles. The van der Waals surface area contributed by atoms with Crippen LogP contribution in [0.2, 0.25) is 0 Å². The average Bonchev–Trinajstić information content (AvgIpc) is 3.06. The van der Waals surface area contributed by atoms with Crippen LogP contribution in [-0.4, -0.2) is 26.2 Å². The van der Waals surface area contributed by atoms with Gasteiger partial charge in [0.15, 0.2) is 0 Å². The van der Waals surface area contributed by atoms with Crippen LogP contribution >= 0.6 is 0 Å². The van der Waals surface area contributed by atoms with Crippen molar-refractivity contribution in [3.63, 3.8) is 0 Å². The Balaban J connectivity index is 1.81. The van der Waals surface area contributed by atoms with E-state index in [0.29, 0.717) is 36.3 Å². The molecule has 1 aromatic carbocycles. The van der Waals surface area contributed by atoms with Crippen molar-refractivity contribution in [2.45, 2.75) is 39.2 Å². The predicted molar refractivity (Wildman–Crippen MR) is 106 cm³/mol. The number of carbonyl (C=O) groups excluding carboxylic acids is 1. The van der Waals surface area contributed by atoms with Gasteiger partial charge in [0.1, 0.15) is 17.5 Å². The highest BCUT2D eigenvalue weighted by Gasteiger charge is 2.20. The van der Waals surface area contributed by atoms with Crippen molar-refractivity contribution < 1.29 is 9.18 Å². The number of hydrogen-bond donors (Lipinski definition) is 2. The summed E-state index contributed by atoms with van der Waals surface area (Å²) < 4.78 is 16.0. The second kappa shape index (κ2) is 8.16. The molecule has 2 aromatic heterocycles. The number of nitrogens with one attached hydrogen (secondary N) is 2. The van der Waals surface area contributed by atoms with E-state index >= 15 is 0 Å². The van der Waals surface area contributed by atoms with E-state index in [1.165, 1.54) is 12.1 Å². The van der Waals surface area contributed by atoms with Crippen LogP contribution in [0, 0.1) is 5.82 Å². The van der Waals surface area contributed by atoms with E-state index in [0.717, 1.165) is 11.5 Å². The number of anilines is 3. The number of nitrogens with zero attached hydrogens (tertiary/aromatic N) is 4. The summed E-state index contributed by atoms with van der Waals surface area (Å²) in [5.41, 5.74) is 1.67. The molecule has 0 fully saturated rings. The second-order valence-electron chi connectivity index (χ2n) is 7.39. The lowest BCUT2D eigenvalue weighted by Gasteiger charge is -2.22. The maximum absolute atomic E-state index is 14.1. The molecule has 0 aliphatic heterocycles. The Bertz CT molecular complexity index is 949. The molecule has 146 valence electrons. The lowest BCUT2D eigenvalue weighted by atomic mass is 10.1. The Morgan fingerprint density at radius 3 is 2.68 bits per heavy atom. The van der Waals surface area contributed by atoms with Gasteiger partial charge >= 0.3 is 0 Å². The maximum atomic E-state index is 14.1. The SMILES string of the molecule is CC(C)(C)n1nc(CCc2cc(NC=O)ccc2F)cc1Nc1cnccn1. The summed E-state index contributed by atoms with van der Waals surface area (Å²) in [5, 5.41) is 10.5. The molecular weight excluding hydrogens is 359 g/mol. The number of carbonyl (C=O) groups is 1. The van der Waals surface area contributed by atoms with Gasteiger partial charge in [-0.2, -0.15) is 5.10 Å². The smallest absolute Gasteiger partial charge is 0.211 e. The minimum absolute atomic E-state index is 0.248. The number of hydrogen-bond acceptors (Lipinski definition) is 5. The van der Waals surface area contributed by atoms with Crippen LogP contribution < -0.4 is 10.6 Å². The third-order valence-electron chi connectivity index (χ3n) is 4.14. The molecule has 1 amide bonds. The topological polar surface area (TPSA) is 84.7 Å². The molecule has 28 heavy (non-hydrogen) atoms. The van der Waals surface area contributed by atoms with E-state index in [1.54, 1.807) is 24.7 Å². The number of amides is 1. The molecule has 2 heterocycles. The lowest BCUT2D eigenvalue weighted by molar-refractivity contribution is -0.105. The lowest BCUT2D eigenvalue weighted by Crippen LogP contribution is -2.24. The van der Waals surface area contributed by atoms with E-state index in [4.69, 9.17) is 5.10 Å². The fraction of sp³-hybridized carbons (Fsp3) is 0.300. The quantitative estimate of drug-likeness (QED) is 0.609. The molecule has 7 nitrogen and oxygen atoms in total. The Morgan fingerprint density at radius 2 is 2.00 bits per heavy atom. The second-order valence-corrected chi connectivity index (χ2v) is 7.39. The van der Waals surface area contributed by atoms with E-state index < -0.39 is 0 Å². The van der Waals surface area contributed by atoms with Crippen molar-refractivity contribution in [1.82, 2.24) is 19.7 Å². The molecule has 2 N–H and O–H groups in total. The minimum atomic E-state index is -0.301. The summed E-state index contributed by atoms with van der Waals surface area (Å²) >= 11 is 0. The normalized spacial score (nSPS) is 11.3. The number of rotatable bonds is 7. The summed E-state index contributed by atoms with van der Waals surface area (Å²) in [6.45, 7) is 6.17. The highest BCUT2D eigenvalue weighted by Crippen LogP contribution is 2.25. The number of halogens is 1. The monoisotopic (exact) mass is 382 g/mol. The number of aromatic nitrogens is 4. The third kappa shape index (κ3) is 4.70. The molecule has 0 spiro atoms. The van der Waals surface area contributed by atoms with Gasteiger partial charge in [0, 0.05) is 24.1 Å². The standard InChI is InChI=1S/C20H23FN6O/c1-20(2,3)27-19(25-18-12-22-8-9-23-18)11-16(26-27)5-4-14-10-15(24-13-28)6-7-17(14)21/h6-13H,4-5H2,1-3H3,(H,23,25)(H,24,28). The zero-order chi connectivity index (χ0) is 20.1. The minimum Gasteiger partial charge on any atom is -0.329 e. The van der Waals surface area contributed by atoms with E-state index in [9.17, 15) is 9.18 Å². The van der Waals surface area contributed by atoms with Crippen LogP contribution in [0.25, 0.3) is 0 Å². The molecule has 0 bridgehead atoms. The van der Waals surface area contributed by atoms with E-state index in [-0.39, 0.29) is 11.4 Å². The fourth-order valence-corrected chi connectivity index (χ4v) is 2.83. The van der Waals surface area contributed by atoms with Crippen molar-refractivity contribution in [2.75, 3.05) is 10.6 Å². The molecule has 0 saturated carbocycles. The molecule has 8 heteroatoms. The summed E-state index contributed by atoms with van der Waals surface area (Å²) in [4.78, 5) is 18.9. The van der Waals surface area contributed by atoms with Gasteiger partial charge < -0.3 is 10.6 Å². The molecule has 0 unspecified atom stereocenters. The van der Waals surface area contributed by atoms with Gasteiger partial charge in [0.2, 0.25) is 6.41 Å². The van der Waals surface area contributed by atoms with Gasteiger partial charge in [-0.05, 0) is 57.4 Å². The maximum Gasteiger partial charge on any atom is 0.211 e. The summed E-state index contributed by atoms with van der Waals surface area (Å²) in [5.74, 6) is 1.11. The first-order chi connectivity index (χ1) is 13.4. The van der Waals surface area contributed by atoms with Gasteiger partial charge in [0.25, 0.3) is 0 Å². The van der Waals surface area contributed by atoms with Crippen LogP contribution in [-0.2, 0) is 23.2 Å². The first-order valence-electron chi connectivity index (χ1n) is 8.98. The Kier molecular flexibility index (Phi) is 5.67. The highest BCUT2D eigenvalue weighted by atomic mass is 19.1. The van der Waals surface area contributed by atoms with Gasteiger partial charge in [-0.3, -0.25) is 9.78 Å². The van der Waals surface area contributed by atoms with Gasteiger partial charge in [-0.1, -0.05) is 0 Å². The van der Waals surface area contributed by atoms with E-state index in [2.05, 4.69) is 41.4 Å². The van der Waals surface area contributed by atoms with Gasteiger partial charge in [-0.25, -0.2) is 14.1 Å². The van der Waals surface area contributed by atoms with Crippen LogP contribution in [0.4, 0.5) is 21.7 Å². The molecule has 0 radical (unpaired) electrons. The Labute approximate surface area is 163 Å². The predicted octanol–water partition coefficient (Wildman–Crippen LogP) is 3.66. The van der Waals surface area contributed by atoms with Crippen LogP contribution in [0.3, 0.4) is 0 Å². The Morgan fingerprint density at radius 1 is 1.18 bits per heavy atom. The molecular formula is C20H23FN6O. The average molecular weight is 382 g/mol. The van der Waals surface area contributed by atoms with Crippen molar-refractivity contribution >= 4 is 23.7 Å². The molecule has 3 aromatic rings. The van der Waals surface area contributed by atoms with E-state index in [1.807, 2.05) is 10.7 Å². The van der Waals surface area contributed by atoms with Crippen molar-refractivity contribution in [1.29, 1.82) is 0 Å². The Hall–Kier alpha value is -3.29. The summed E-state index contributed by atoms with van der Waals surface area (Å²) in [6.07, 6.45) is 6.46. The first kappa shape index (κ1) is 19.5. The fourth-order valence-electron chi connectivity index (χ4n) is 2.83. The van der Waals surface area contributed by atoms with Crippen LogP contribution in [0.5, 0.6) is 0 Å². The van der Waals surface area contributed by atoms with Crippen molar-refractivity contribution in [3.05, 3.63) is 59.9 Å². The zero-order valence-electron chi connectivity index (χ0n) is 16.1. The molecule has 0 atom stereocenters. The molecule has 0 aliphatic rings. The highest BCUT2D eigenvalue weighted by molar-refractivity contribution is 5.71. The molecule has 3 rings (SSSR count). The van der Waals surface area contributed by atoms with Crippen LogP contribution in [0.15, 0.2) is 42.9 Å². The number of aryl methyl sites for hydroxylation is 2. The van der Waals surface area contributed by atoms with Crippen LogP contribution in [0.1, 0.15) is 32.0 Å². The molecule has 0 aliphatic carbocycles. The zero-order valence-corrected chi connectivity index (χ0v) is 16.1. The van der Waals surface area contributed by atoms with Gasteiger partial charge in [0.05, 0.1) is 17.4 Å². The third-order valence-corrected chi connectivity index (χ3v) is 4.14. The van der Waals surface area contributed by atoms with Crippen molar-refractivity contribution in [2.24, 2.45) is 0 Å². The van der Waals surface area contributed by atoms with Gasteiger partial charge in [-0.15, -0.1) is 0 Å². The van der Waals surface area contributed by atoms with Crippen molar-refractivity contribution in [3.8, 4) is 0 Å². The summed E-state index contributed by atoms with van der Waals surface area (Å²) in [7, 11) is 0. The summed E-state index contributed by atoms with van der Waals surface area (Å²) in [6, 6.07) is 6.47.